The van der Waals surface area contributed by atoms with Crippen molar-refractivity contribution >= 4 is 5.91 Å². The fraction of sp³-hybridized carbons (Fsp3) is 0.727. The molecule has 2 heterocycles. The van der Waals surface area contributed by atoms with Crippen molar-refractivity contribution in [3.63, 3.8) is 0 Å². The van der Waals surface area contributed by atoms with Gasteiger partial charge in [0.1, 0.15) is 0 Å². The molecule has 18 heavy (non-hydrogen) atoms. The van der Waals surface area contributed by atoms with Crippen LogP contribution in [0.4, 0.5) is 0 Å². The predicted molar refractivity (Wildman–Crippen MR) is 64.9 cm³/mol. The van der Waals surface area contributed by atoms with Gasteiger partial charge in [-0.1, -0.05) is 5.16 Å². The van der Waals surface area contributed by atoms with E-state index in [1.54, 1.807) is 0 Å². The van der Waals surface area contributed by atoms with Gasteiger partial charge >= 0.3 is 0 Å². The summed E-state index contributed by atoms with van der Waals surface area (Å²) in [4.78, 5) is 17.8. The first-order chi connectivity index (χ1) is 8.84. The van der Waals surface area contributed by atoms with Crippen LogP contribution in [-0.2, 0) is 11.2 Å². The van der Waals surface area contributed by atoms with Crippen LogP contribution < -0.4 is 10.6 Å². The summed E-state index contributed by atoms with van der Waals surface area (Å²) in [6.07, 6.45) is 2.99. The molecule has 1 fully saturated rings. The molecule has 0 saturated carbocycles. The second-order valence-corrected chi connectivity index (χ2v) is 4.33. The van der Waals surface area contributed by atoms with Crippen LogP contribution in [-0.4, -0.2) is 60.2 Å². The summed E-state index contributed by atoms with van der Waals surface area (Å²) >= 11 is 0. The number of rotatable bonds is 5. The number of amides is 1. The minimum Gasteiger partial charge on any atom is -0.355 e. The van der Waals surface area contributed by atoms with Gasteiger partial charge in [-0.25, -0.2) is 0 Å². The molecular formula is C11H19N5O2. The van der Waals surface area contributed by atoms with Gasteiger partial charge in [-0.2, -0.15) is 4.98 Å². The van der Waals surface area contributed by atoms with Gasteiger partial charge in [-0.15, -0.1) is 0 Å². The first-order valence-corrected chi connectivity index (χ1v) is 6.29. The Kier molecular flexibility index (Phi) is 5.10. The molecule has 1 aliphatic heterocycles. The average Bonchev–Trinajstić information content (AvgIpc) is 2.74. The number of nitrogens with zero attached hydrogens (tertiary/aromatic N) is 3. The molecule has 0 spiro atoms. The maximum Gasteiger partial charge on any atom is 0.234 e. The lowest BCUT2D eigenvalue weighted by Gasteiger charge is -2.18. The van der Waals surface area contributed by atoms with Gasteiger partial charge in [0.25, 0.3) is 0 Å². The Bertz CT molecular complexity index is 346. The minimum atomic E-state index is 0.0559. The molecule has 1 aromatic rings. The number of hydrogen-bond donors (Lipinski definition) is 2. The third-order valence-electron chi connectivity index (χ3n) is 2.88. The molecule has 2 rings (SSSR count). The van der Waals surface area contributed by atoms with E-state index in [0.29, 0.717) is 25.3 Å². The van der Waals surface area contributed by atoms with Crippen molar-refractivity contribution in [2.45, 2.75) is 12.8 Å². The van der Waals surface area contributed by atoms with Gasteiger partial charge < -0.3 is 15.2 Å². The molecule has 2 N–H and O–H groups in total. The number of aromatic nitrogens is 2. The molecule has 1 aliphatic rings. The molecule has 1 aromatic heterocycles. The summed E-state index contributed by atoms with van der Waals surface area (Å²) in [5, 5.41) is 9.86. The van der Waals surface area contributed by atoms with Gasteiger partial charge in [-0.3, -0.25) is 9.69 Å². The molecule has 0 aromatic carbocycles. The summed E-state index contributed by atoms with van der Waals surface area (Å²) in [6.45, 7) is 4.91. The van der Waals surface area contributed by atoms with Crippen molar-refractivity contribution in [3.05, 3.63) is 12.2 Å². The number of carbonyl (C=O) groups is 1. The summed E-state index contributed by atoms with van der Waals surface area (Å²) in [5.41, 5.74) is 0. The summed E-state index contributed by atoms with van der Waals surface area (Å²) in [7, 11) is 0. The van der Waals surface area contributed by atoms with Crippen LogP contribution in [0.1, 0.15) is 12.2 Å². The molecule has 0 aliphatic carbocycles. The van der Waals surface area contributed by atoms with E-state index in [1.165, 1.54) is 6.39 Å². The maximum atomic E-state index is 11.7. The van der Waals surface area contributed by atoms with Crippen LogP contribution in [0, 0.1) is 0 Å². The van der Waals surface area contributed by atoms with Crippen LogP contribution in [0.3, 0.4) is 0 Å². The quantitative estimate of drug-likeness (QED) is 0.702. The van der Waals surface area contributed by atoms with Gasteiger partial charge in [0, 0.05) is 26.1 Å². The molecule has 1 amide bonds. The van der Waals surface area contributed by atoms with Crippen molar-refractivity contribution in [2.24, 2.45) is 0 Å². The largest absolute Gasteiger partial charge is 0.355 e. The third kappa shape index (κ3) is 4.42. The lowest BCUT2D eigenvalue weighted by molar-refractivity contribution is -0.122. The van der Waals surface area contributed by atoms with E-state index in [-0.39, 0.29) is 5.91 Å². The van der Waals surface area contributed by atoms with Gasteiger partial charge in [0.2, 0.25) is 12.3 Å². The highest BCUT2D eigenvalue weighted by Gasteiger charge is 2.12. The first kappa shape index (κ1) is 13.0. The third-order valence-corrected chi connectivity index (χ3v) is 2.88. The fourth-order valence-electron chi connectivity index (χ4n) is 1.94. The van der Waals surface area contributed by atoms with Crippen molar-refractivity contribution < 1.29 is 9.32 Å². The summed E-state index contributed by atoms with van der Waals surface area (Å²) < 4.78 is 4.62. The average molecular weight is 253 g/mol. The molecule has 0 radical (unpaired) electrons. The highest BCUT2D eigenvalue weighted by Crippen LogP contribution is 1.94. The number of carbonyl (C=O) groups excluding carboxylic acids is 1. The van der Waals surface area contributed by atoms with E-state index in [4.69, 9.17) is 0 Å². The second-order valence-electron chi connectivity index (χ2n) is 4.33. The Morgan fingerprint density at radius 1 is 1.50 bits per heavy atom. The van der Waals surface area contributed by atoms with Crippen molar-refractivity contribution in [1.29, 1.82) is 0 Å². The monoisotopic (exact) mass is 253 g/mol. The Morgan fingerprint density at radius 3 is 3.28 bits per heavy atom. The van der Waals surface area contributed by atoms with Gasteiger partial charge in [0.15, 0.2) is 5.82 Å². The predicted octanol–water partition coefficient (Wildman–Crippen LogP) is -0.976. The Balaban J connectivity index is 1.62. The molecule has 0 unspecified atom stereocenters. The second kappa shape index (κ2) is 7.07. The van der Waals surface area contributed by atoms with Crippen LogP contribution in [0.25, 0.3) is 0 Å². The van der Waals surface area contributed by atoms with E-state index < -0.39 is 0 Å². The Morgan fingerprint density at radius 2 is 2.44 bits per heavy atom. The van der Waals surface area contributed by atoms with Gasteiger partial charge in [0.05, 0.1) is 6.54 Å². The molecule has 100 valence electrons. The summed E-state index contributed by atoms with van der Waals surface area (Å²) in [6, 6.07) is 0. The highest BCUT2D eigenvalue weighted by molar-refractivity contribution is 5.77. The lowest BCUT2D eigenvalue weighted by atomic mass is 10.3. The maximum absolute atomic E-state index is 11.7. The summed E-state index contributed by atoms with van der Waals surface area (Å²) in [5.74, 6) is 0.676. The Hall–Kier alpha value is -1.47. The van der Waals surface area contributed by atoms with E-state index in [1.807, 2.05) is 0 Å². The van der Waals surface area contributed by atoms with E-state index in [2.05, 4.69) is 30.2 Å². The topological polar surface area (TPSA) is 83.3 Å². The van der Waals surface area contributed by atoms with Crippen molar-refractivity contribution in [2.75, 3.05) is 39.3 Å². The zero-order valence-electron chi connectivity index (χ0n) is 10.4. The molecule has 0 atom stereocenters. The minimum absolute atomic E-state index is 0.0559. The van der Waals surface area contributed by atoms with Crippen LogP contribution in [0.15, 0.2) is 10.9 Å². The molecule has 7 nitrogen and oxygen atoms in total. The van der Waals surface area contributed by atoms with E-state index in [0.717, 1.165) is 32.6 Å². The van der Waals surface area contributed by atoms with E-state index >= 15 is 0 Å². The smallest absolute Gasteiger partial charge is 0.234 e. The zero-order chi connectivity index (χ0) is 12.6. The van der Waals surface area contributed by atoms with Gasteiger partial charge in [-0.05, 0) is 19.5 Å². The standard InChI is InChI=1S/C11H19N5O2/c17-11(8-16-6-1-3-12-5-7-16)13-4-2-10-14-9-18-15-10/h9,12H,1-8H2,(H,13,17). The van der Waals surface area contributed by atoms with Crippen LogP contribution in [0.2, 0.25) is 0 Å². The normalized spacial score (nSPS) is 17.3. The lowest BCUT2D eigenvalue weighted by Crippen LogP contribution is -2.39. The van der Waals surface area contributed by atoms with E-state index in [9.17, 15) is 4.79 Å². The molecule has 0 bridgehead atoms. The molecular weight excluding hydrogens is 234 g/mol. The fourth-order valence-corrected chi connectivity index (χ4v) is 1.94. The Labute approximate surface area is 106 Å². The molecule has 1 saturated heterocycles. The van der Waals surface area contributed by atoms with Crippen molar-refractivity contribution in [3.8, 4) is 0 Å². The highest BCUT2D eigenvalue weighted by atomic mass is 16.5. The zero-order valence-corrected chi connectivity index (χ0v) is 10.4. The van der Waals surface area contributed by atoms with Crippen LogP contribution >= 0.6 is 0 Å². The SMILES string of the molecule is O=C(CN1CCCNCC1)NCCc1ncon1. The van der Waals surface area contributed by atoms with Crippen molar-refractivity contribution in [1.82, 2.24) is 25.7 Å². The number of nitrogens with one attached hydrogen (secondary N) is 2. The number of hydrogen-bond acceptors (Lipinski definition) is 6. The first-order valence-electron chi connectivity index (χ1n) is 6.29. The molecule has 7 heteroatoms. The van der Waals surface area contributed by atoms with Crippen LogP contribution in [0.5, 0.6) is 0 Å².